The Hall–Kier alpha value is -4.03. The third-order valence-corrected chi connectivity index (χ3v) is 6.55. The van der Waals surface area contributed by atoms with Crippen LogP contribution in [0.3, 0.4) is 0 Å². The molecule has 0 radical (unpaired) electrons. The molecule has 0 unspecified atom stereocenters. The van der Waals surface area contributed by atoms with Crippen molar-refractivity contribution in [1.29, 1.82) is 0 Å². The van der Waals surface area contributed by atoms with E-state index < -0.39 is 5.54 Å². The lowest BCUT2D eigenvalue weighted by Gasteiger charge is -2.37. The van der Waals surface area contributed by atoms with E-state index in [4.69, 9.17) is 4.74 Å². The summed E-state index contributed by atoms with van der Waals surface area (Å²) in [5, 5.41) is 8.81. The van der Waals surface area contributed by atoms with E-state index in [9.17, 15) is 0 Å². The number of hydrogen-bond acceptors (Lipinski definition) is 4. The Labute approximate surface area is 212 Å². The van der Waals surface area contributed by atoms with Gasteiger partial charge < -0.3 is 9.30 Å². The molecule has 5 rings (SSSR count). The summed E-state index contributed by atoms with van der Waals surface area (Å²) in [4.78, 5) is 4.60. The van der Waals surface area contributed by atoms with Crippen LogP contribution in [0.5, 0.6) is 5.75 Å². The van der Waals surface area contributed by atoms with Crippen molar-refractivity contribution in [2.75, 3.05) is 7.11 Å². The molecule has 1 aromatic heterocycles. The lowest BCUT2D eigenvalue weighted by Crippen LogP contribution is -2.36. The van der Waals surface area contributed by atoms with Gasteiger partial charge in [0.25, 0.3) is 0 Å². The summed E-state index contributed by atoms with van der Waals surface area (Å²) < 4.78 is 8.23. The molecule has 0 amide bonds. The van der Waals surface area contributed by atoms with Crippen LogP contribution in [0.4, 0.5) is 11.5 Å². The van der Waals surface area contributed by atoms with Crippen LogP contribution in [-0.2, 0) is 5.54 Å². The molecule has 0 atom stereocenters. The Balaban J connectivity index is 1.64. The summed E-state index contributed by atoms with van der Waals surface area (Å²) in [6, 6.07) is 36.9. The van der Waals surface area contributed by atoms with Crippen molar-refractivity contribution in [3.63, 3.8) is 0 Å². The first-order chi connectivity index (χ1) is 17.2. The first kappa shape index (κ1) is 22.7. The molecule has 1 heterocycles. The minimum Gasteiger partial charge on any atom is -0.496 e. The monoisotopic (exact) mass is 522 g/mol. The van der Waals surface area contributed by atoms with Crippen LogP contribution in [0.15, 0.2) is 136 Å². The van der Waals surface area contributed by atoms with E-state index in [1.165, 1.54) is 0 Å². The molecule has 0 saturated carbocycles. The van der Waals surface area contributed by atoms with E-state index in [1.807, 2.05) is 48.9 Å². The molecule has 0 aliphatic rings. The molecule has 5 aromatic rings. The molecule has 0 aliphatic heterocycles. The van der Waals surface area contributed by atoms with Crippen LogP contribution < -0.4 is 4.74 Å². The molecule has 0 bridgehead atoms. The molecule has 0 saturated heterocycles. The van der Waals surface area contributed by atoms with Crippen LogP contribution in [-0.4, -0.2) is 16.7 Å². The van der Waals surface area contributed by atoms with E-state index in [2.05, 4.69) is 109 Å². The second-order valence-corrected chi connectivity index (χ2v) is 8.82. The van der Waals surface area contributed by atoms with E-state index >= 15 is 0 Å². The Morgan fingerprint density at radius 2 is 1.29 bits per heavy atom. The Morgan fingerprint density at radius 1 is 0.743 bits per heavy atom. The normalized spacial score (nSPS) is 11.6. The Bertz CT molecular complexity index is 1340. The lowest BCUT2D eigenvalue weighted by molar-refractivity contribution is 0.412. The second kappa shape index (κ2) is 10.1. The number of rotatable bonds is 7. The zero-order valence-electron chi connectivity index (χ0n) is 19.1. The maximum atomic E-state index is 5.29. The van der Waals surface area contributed by atoms with Gasteiger partial charge in [-0.2, -0.15) is 0 Å². The molecule has 172 valence electrons. The smallest absolute Gasteiger partial charge is 0.192 e. The zero-order chi connectivity index (χ0) is 24.1. The highest BCUT2D eigenvalue weighted by atomic mass is 79.9. The second-order valence-electron chi connectivity index (χ2n) is 7.97. The maximum Gasteiger partial charge on any atom is 0.192 e. The number of hydrogen-bond donors (Lipinski definition) is 0. The van der Waals surface area contributed by atoms with E-state index in [0.29, 0.717) is 11.5 Å². The summed E-state index contributed by atoms with van der Waals surface area (Å²) in [5.41, 5.74) is 3.44. The maximum absolute atomic E-state index is 5.29. The van der Waals surface area contributed by atoms with Gasteiger partial charge in [-0.1, -0.05) is 91.0 Å². The van der Waals surface area contributed by atoms with Crippen LogP contribution in [0.1, 0.15) is 16.7 Å². The fourth-order valence-electron chi connectivity index (χ4n) is 4.36. The van der Waals surface area contributed by atoms with Crippen molar-refractivity contribution < 1.29 is 4.74 Å². The predicted octanol–water partition coefficient (Wildman–Crippen LogP) is 7.91. The van der Waals surface area contributed by atoms with Gasteiger partial charge in [0.15, 0.2) is 5.82 Å². The summed E-state index contributed by atoms with van der Waals surface area (Å²) in [6.45, 7) is 0. The van der Waals surface area contributed by atoms with Crippen LogP contribution >= 0.6 is 15.9 Å². The lowest BCUT2D eigenvalue weighted by atomic mass is 9.77. The van der Waals surface area contributed by atoms with Gasteiger partial charge in [-0.3, -0.25) is 0 Å². The minimum atomic E-state index is -0.631. The van der Waals surface area contributed by atoms with Crippen molar-refractivity contribution in [2.24, 2.45) is 10.2 Å². The number of ether oxygens (including phenoxy) is 1. The van der Waals surface area contributed by atoms with Crippen LogP contribution in [0.25, 0.3) is 0 Å². The molecular formula is C29H23BrN4O. The highest BCUT2D eigenvalue weighted by Gasteiger charge is 2.38. The van der Waals surface area contributed by atoms with Gasteiger partial charge in [0.05, 0.1) is 29.8 Å². The van der Waals surface area contributed by atoms with E-state index in [1.54, 1.807) is 7.11 Å². The standard InChI is InChI=1S/C29H23BrN4O/c1-35-27-18-17-25(19-26(27)30)32-33-28-20-34(21-31-28)29(22-11-5-2-6-12-22,23-13-7-3-8-14-23)24-15-9-4-10-16-24/h2-21H,1H3. The quantitative estimate of drug-likeness (QED) is 0.161. The van der Waals surface area contributed by atoms with E-state index in [0.717, 1.165) is 26.9 Å². The molecule has 6 heteroatoms. The third-order valence-electron chi connectivity index (χ3n) is 5.93. The van der Waals surface area contributed by atoms with Gasteiger partial charge in [-0.25, -0.2) is 4.98 Å². The van der Waals surface area contributed by atoms with E-state index in [-0.39, 0.29) is 0 Å². The summed E-state index contributed by atoms with van der Waals surface area (Å²) in [5.74, 6) is 1.26. The fourth-order valence-corrected chi connectivity index (χ4v) is 4.89. The molecule has 35 heavy (non-hydrogen) atoms. The van der Waals surface area contributed by atoms with Crippen molar-refractivity contribution in [3.05, 3.63) is 143 Å². The number of nitrogens with zero attached hydrogens (tertiary/aromatic N) is 4. The summed E-state index contributed by atoms with van der Waals surface area (Å²) >= 11 is 3.49. The van der Waals surface area contributed by atoms with Gasteiger partial charge >= 0.3 is 0 Å². The first-order valence-electron chi connectivity index (χ1n) is 11.2. The fraction of sp³-hybridized carbons (Fsp3) is 0.0690. The Kier molecular flexibility index (Phi) is 6.55. The van der Waals surface area contributed by atoms with Gasteiger partial charge in [-0.05, 0) is 50.8 Å². The largest absolute Gasteiger partial charge is 0.496 e. The number of azo groups is 1. The number of aromatic nitrogens is 2. The third kappa shape index (κ3) is 4.40. The zero-order valence-corrected chi connectivity index (χ0v) is 20.7. The average Bonchev–Trinajstić information content (AvgIpc) is 3.39. The van der Waals surface area contributed by atoms with Crippen LogP contribution in [0, 0.1) is 0 Å². The van der Waals surface area contributed by atoms with Crippen molar-refractivity contribution in [3.8, 4) is 5.75 Å². The van der Waals surface area contributed by atoms with Crippen molar-refractivity contribution in [1.82, 2.24) is 9.55 Å². The molecule has 0 spiro atoms. The number of halogens is 1. The molecular weight excluding hydrogens is 500 g/mol. The van der Waals surface area contributed by atoms with Crippen molar-refractivity contribution in [2.45, 2.75) is 5.54 Å². The average molecular weight is 523 g/mol. The molecule has 0 fully saturated rings. The highest BCUT2D eigenvalue weighted by molar-refractivity contribution is 9.10. The number of benzene rings is 4. The molecule has 4 aromatic carbocycles. The molecule has 0 N–H and O–H groups in total. The van der Waals surface area contributed by atoms with Gasteiger partial charge in [0, 0.05) is 0 Å². The van der Waals surface area contributed by atoms with Gasteiger partial charge in [0.1, 0.15) is 11.3 Å². The van der Waals surface area contributed by atoms with Crippen LogP contribution in [0.2, 0.25) is 0 Å². The predicted molar refractivity (Wildman–Crippen MR) is 142 cm³/mol. The molecule has 0 aliphatic carbocycles. The number of imidazole rings is 1. The number of methoxy groups -OCH3 is 1. The summed E-state index contributed by atoms with van der Waals surface area (Å²) in [6.07, 6.45) is 3.76. The molecule has 5 nitrogen and oxygen atoms in total. The first-order valence-corrected chi connectivity index (χ1v) is 12.0. The Morgan fingerprint density at radius 3 is 1.77 bits per heavy atom. The van der Waals surface area contributed by atoms with Gasteiger partial charge in [-0.15, -0.1) is 10.2 Å². The van der Waals surface area contributed by atoms with Crippen molar-refractivity contribution >= 4 is 27.4 Å². The SMILES string of the molecule is COc1ccc(N=Nc2cn(C(c3ccccc3)(c3ccccc3)c3ccccc3)cn2)cc1Br. The summed E-state index contributed by atoms with van der Waals surface area (Å²) in [7, 11) is 1.63. The topological polar surface area (TPSA) is 51.8 Å². The minimum absolute atomic E-state index is 0.518. The van der Waals surface area contributed by atoms with Gasteiger partial charge in [0.2, 0.25) is 0 Å². The highest BCUT2D eigenvalue weighted by Crippen LogP contribution is 2.41.